The summed E-state index contributed by atoms with van der Waals surface area (Å²) in [6.45, 7) is 2.96. The minimum Gasteiger partial charge on any atom is -0.465 e. The van der Waals surface area contributed by atoms with Crippen LogP contribution in [0.4, 0.5) is 4.79 Å². The molecule has 0 saturated carbocycles. The summed E-state index contributed by atoms with van der Waals surface area (Å²) in [5.41, 5.74) is 2.06. The number of ether oxygens (including phenoxy) is 1. The minimum absolute atomic E-state index is 0.0659. The Morgan fingerprint density at radius 1 is 0.967 bits per heavy atom. The molecule has 3 rings (SSSR count). The van der Waals surface area contributed by atoms with Crippen LogP contribution in [0, 0.1) is 0 Å². The van der Waals surface area contributed by atoms with Gasteiger partial charge in [0.15, 0.2) is 0 Å². The molecule has 0 bridgehead atoms. The normalized spacial score (nSPS) is 9.77. The second kappa shape index (κ2) is 12.6. The van der Waals surface area contributed by atoms with Crippen molar-refractivity contribution in [2.45, 2.75) is 20.0 Å². The molecule has 158 valence electrons. The van der Waals surface area contributed by atoms with E-state index in [1.807, 2.05) is 60.7 Å². The molecular weight excluding hydrogens is 384 g/mol. The van der Waals surface area contributed by atoms with E-state index < -0.39 is 5.97 Å². The van der Waals surface area contributed by atoms with Crippen molar-refractivity contribution in [2.24, 2.45) is 0 Å². The van der Waals surface area contributed by atoms with E-state index in [1.165, 1.54) is 0 Å². The number of carbonyl (C=O) groups is 2. The van der Waals surface area contributed by atoms with Crippen molar-refractivity contribution in [1.82, 2.24) is 20.2 Å². The summed E-state index contributed by atoms with van der Waals surface area (Å²) >= 11 is 0. The number of nitrogens with one attached hydrogen (secondary N) is 3. The zero-order valence-electron chi connectivity index (χ0n) is 16.8. The molecule has 2 amide bonds. The first-order valence-electron chi connectivity index (χ1n) is 9.57. The number of aromatic amines is 1. The molecular formula is C22H26N4O4. The first-order chi connectivity index (χ1) is 14.6. The summed E-state index contributed by atoms with van der Waals surface area (Å²) in [7, 11) is 0. The Morgan fingerprint density at radius 3 is 2.17 bits per heavy atom. The Morgan fingerprint density at radius 2 is 1.60 bits per heavy atom. The smallest absolute Gasteiger partial charge is 0.325 e. The number of hydrogen-bond acceptors (Lipinski definition) is 4. The maximum absolute atomic E-state index is 11.3. The average Bonchev–Trinajstić information content (AvgIpc) is 3.17. The number of nitrogens with zero attached hydrogens (tertiary/aromatic N) is 1. The molecule has 3 N–H and O–H groups in total. The van der Waals surface area contributed by atoms with Gasteiger partial charge in [-0.15, -0.1) is 0 Å². The van der Waals surface area contributed by atoms with E-state index in [4.69, 9.17) is 0 Å². The molecule has 0 unspecified atom stereocenters. The lowest BCUT2D eigenvalue weighted by Crippen LogP contribution is -2.38. The van der Waals surface area contributed by atoms with Gasteiger partial charge in [-0.3, -0.25) is 9.36 Å². The topological polar surface area (TPSA) is 105 Å². The standard InChI is InChI=1S/C12H16N2O3.C10H10N2O/c1-2-17-11(15)9-14-12(16)13-8-10-6-4-3-5-7-10;13-10-11-6-7-12(10)8-9-4-2-1-3-5-9/h3-7H,2,8-9H2,1H3,(H2,13,14,16);1-7H,8H2,(H,11,13). The number of esters is 1. The van der Waals surface area contributed by atoms with Crippen LogP contribution in [0.1, 0.15) is 18.1 Å². The second-order valence-corrected chi connectivity index (χ2v) is 6.21. The molecule has 0 fully saturated rings. The number of H-pyrrole nitrogens is 1. The molecule has 8 nitrogen and oxygen atoms in total. The Kier molecular flexibility index (Phi) is 9.45. The SMILES string of the molecule is CCOC(=O)CNC(=O)NCc1ccccc1.O=c1[nH]ccn1Cc1ccccc1. The Bertz CT molecular complexity index is 952. The van der Waals surface area contributed by atoms with Gasteiger partial charge in [-0.05, 0) is 18.1 Å². The summed E-state index contributed by atoms with van der Waals surface area (Å²) < 4.78 is 6.31. The van der Waals surface area contributed by atoms with Crippen molar-refractivity contribution >= 4 is 12.0 Å². The van der Waals surface area contributed by atoms with Crippen molar-refractivity contribution < 1.29 is 14.3 Å². The predicted molar refractivity (Wildman–Crippen MR) is 114 cm³/mol. The third-order valence-corrected chi connectivity index (χ3v) is 3.91. The first kappa shape index (κ1) is 22.5. The van der Waals surface area contributed by atoms with E-state index in [1.54, 1.807) is 23.9 Å². The highest BCUT2D eigenvalue weighted by Crippen LogP contribution is 1.99. The zero-order valence-corrected chi connectivity index (χ0v) is 16.8. The number of benzene rings is 2. The number of rotatable bonds is 7. The fraction of sp³-hybridized carbons (Fsp3) is 0.227. The van der Waals surface area contributed by atoms with Gasteiger partial charge in [0.2, 0.25) is 0 Å². The van der Waals surface area contributed by atoms with Gasteiger partial charge in [0, 0.05) is 18.9 Å². The van der Waals surface area contributed by atoms with Crippen molar-refractivity contribution in [3.63, 3.8) is 0 Å². The third-order valence-electron chi connectivity index (χ3n) is 3.91. The van der Waals surface area contributed by atoms with Gasteiger partial charge in [0.25, 0.3) is 0 Å². The number of aromatic nitrogens is 2. The molecule has 0 atom stereocenters. The number of carbonyl (C=O) groups excluding carboxylic acids is 2. The number of amides is 2. The molecule has 30 heavy (non-hydrogen) atoms. The van der Waals surface area contributed by atoms with Gasteiger partial charge in [-0.1, -0.05) is 60.7 Å². The molecule has 0 radical (unpaired) electrons. The van der Waals surface area contributed by atoms with Crippen molar-refractivity contribution in [3.8, 4) is 0 Å². The highest BCUT2D eigenvalue weighted by Gasteiger charge is 2.04. The Hall–Kier alpha value is -3.81. The van der Waals surface area contributed by atoms with Crippen molar-refractivity contribution in [1.29, 1.82) is 0 Å². The molecule has 1 heterocycles. The molecule has 0 saturated heterocycles. The maximum Gasteiger partial charge on any atom is 0.325 e. The summed E-state index contributed by atoms with van der Waals surface area (Å²) in [4.78, 5) is 36.0. The zero-order chi connectivity index (χ0) is 21.6. The Balaban J connectivity index is 0.000000220. The quantitative estimate of drug-likeness (QED) is 0.520. The fourth-order valence-corrected chi connectivity index (χ4v) is 2.46. The molecule has 2 aromatic carbocycles. The fourth-order valence-electron chi connectivity index (χ4n) is 2.46. The van der Waals surface area contributed by atoms with E-state index in [0.717, 1.165) is 11.1 Å². The van der Waals surface area contributed by atoms with Gasteiger partial charge in [-0.25, -0.2) is 9.59 Å². The van der Waals surface area contributed by atoms with Gasteiger partial charge >= 0.3 is 17.7 Å². The highest BCUT2D eigenvalue weighted by atomic mass is 16.5. The van der Waals surface area contributed by atoms with E-state index in [2.05, 4.69) is 20.4 Å². The predicted octanol–water partition coefficient (Wildman–Crippen LogP) is 2.27. The van der Waals surface area contributed by atoms with E-state index >= 15 is 0 Å². The molecule has 1 aromatic heterocycles. The molecule has 0 aliphatic rings. The van der Waals surface area contributed by atoms with Crippen LogP contribution in [0.15, 0.2) is 77.9 Å². The summed E-state index contributed by atoms with van der Waals surface area (Å²) in [5.74, 6) is -0.442. The van der Waals surface area contributed by atoms with Crippen LogP contribution in [-0.2, 0) is 22.6 Å². The monoisotopic (exact) mass is 410 g/mol. The van der Waals surface area contributed by atoms with Crippen LogP contribution in [0.2, 0.25) is 0 Å². The minimum atomic E-state index is -0.442. The highest BCUT2D eigenvalue weighted by molar-refractivity contribution is 5.80. The van der Waals surface area contributed by atoms with Crippen LogP contribution in [0.3, 0.4) is 0 Å². The van der Waals surface area contributed by atoms with Crippen molar-refractivity contribution in [3.05, 3.63) is 94.7 Å². The molecule has 0 aliphatic carbocycles. The van der Waals surface area contributed by atoms with Crippen LogP contribution in [0.25, 0.3) is 0 Å². The molecule has 0 spiro atoms. The Labute approximate surface area is 174 Å². The summed E-state index contributed by atoms with van der Waals surface area (Å²) in [6.07, 6.45) is 3.39. The van der Waals surface area contributed by atoms with Crippen LogP contribution in [0.5, 0.6) is 0 Å². The lowest BCUT2D eigenvalue weighted by Gasteiger charge is -2.07. The van der Waals surface area contributed by atoms with E-state index in [0.29, 0.717) is 19.7 Å². The lowest BCUT2D eigenvalue weighted by atomic mass is 10.2. The third kappa shape index (κ3) is 8.47. The van der Waals surface area contributed by atoms with Crippen molar-refractivity contribution in [2.75, 3.05) is 13.2 Å². The van der Waals surface area contributed by atoms with Crippen LogP contribution >= 0.6 is 0 Å². The second-order valence-electron chi connectivity index (χ2n) is 6.21. The molecule has 3 aromatic rings. The van der Waals surface area contributed by atoms with E-state index in [-0.39, 0.29) is 18.3 Å². The van der Waals surface area contributed by atoms with Gasteiger partial charge in [-0.2, -0.15) is 0 Å². The lowest BCUT2D eigenvalue weighted by molar-refractivity contribution is -0.141. The first-order valence-corrected chi connectivity index (χ1v) is 9.57. The summed E-state index contributed by atoms with van der Waals surface area (Å²) in [5, 5.41) is 5.05. The van der Waals surface area contributed by atoms with Crippen LogP contribution in [-0.4, -0.2) is 34.7 Å². The van der Waals surface area contributed by atoms with Gasteiger partial charge in [0.1, 0.15) is 6.54 Å². The van der Waals surface area contributed by atoms with Gasteiger partial charge < -0.3 is 20.4 Å². The van der Waals surface area contributed by atoms with Gasteiger partial charge in [0.05, 0.1) is 13.2 Å². The maximum atomic E-state index is 11.3. The molecule has 8 heteroatoms. The molecule has 0 aliphatic heterocycles. The average molecular weight is 410 g/mol. The number of imidazole rings is 1. The number of hydrogen-bond donors (Lipinski definition) is 3. The summed E-state index contributed by atoms with van der Waals surface area (Å²) in [6, 6.07) is 19.0. The number of urea groups is 1. The largest absolute Gasteiger partial charge is 0.465 e. The van der Waals surface area contributed by atoms with Crippen LogP contribution < -0.4 is 16.3 Å². The van der Waals surface area contributed by atoms with E-state index in [9.17, 15) is 14.4 Å².